The van der Waals surface area contributed by atoms with Crippen LogP contribution in [0.25, 0.3) is 0 Å². The molecule has 1 aromatic rings. The fourth-order valence-corrected chi connectivity index (χ4v) is 1.91. The van der Waals surface area contributed by atoms with Crippen molar-refractivity contribution in [1.29, 1.82) is 0 Å². The Bertz CT molecular complexity index is 294. The van der Waals surface area contributed by atoms with E-state index in [1.54, 1.807) is 0 Å². The van der Waals surface area contributed by atoms with Crippen molar-refractivity contribution in [3.05, 3.63) is 29.6 Å². The van der Waals surface area contributed by atoms with Gasteiger partial charge in [-0.05, 0) is 43.0 Å². The van der Waals surface area contributed by atoms with Gasteiger partial charge in [-0.1, -0.05) is 20.8 Å². The van der Waals surface area contributed by atoms with E-state index in [1.165, 1.54) is 17.5 Å². The molecule has 0 aliphatic rings. The molecule has 0 amide bonds. The lowest BCUT2D eigenvalue weighted by Gasteiger charge is -2.21. The van der Waals surface area contributed by atoms with Gasteiger partial charge in [0.15, 0.2) is 0 Å². The fourth-order valence-electron chi connectivity index (χ4n) is 1.91. The quantitative estimate of drug-likeness (QED) is 0.800. The number of aromatic nitrogens is 1. The van der Waals surface area contributed by atoms with Crippen molar-refractivity contribution < 1.29 is 0 Å². The van der Waals surface area contributed by atoms with Gasteiger partial charge in [-0.2, -0.15) is 0 Å². The van der Waals surface area contributed by atoms with Crippen LogP contribution in [-0.4, -0.2) is 11.5 Å². The standard InChI is InChI=1S/C13H22N2/c1-5-15-13(8-10(2)3)12-6-7-14-9-11(12)4/h6-7,9-10,13,15H,5,8H2,1-4H3. The Morgan fingerprint density at radius 1 is 1.40 bits per heavy atom. The van der Waals surface area contributed by atoms with Crippen molar-refractivity contribution >= 4 is 0 Å². The van der Waals surface area contributed by atoms with E-state index in [4.69, 9.17) is 0 Å². The summed E-state index contributed by atoms with van der Waals surface area (Å²) in [6, 6.07) is 2.60. The van der Waals surface area contributed by atoms with Crippen LogP contribution in [0, 0.1) is 12.8 Å². The molecule has 1 rings (SSSR count). The van der Waals surface area contributed by atoms with E-state index in [0.29, 0.717) is 12.0 Å². The van der Waals surface area contributed by atoms with E-state index in [1.807, 2.05) is 12.4 Å². The summed E-state index contributed by atoms with van der Waals surface area (Å²) in [7, 11) is 0. The molecule has 2 nitrogen and oxygen atoms in total. The third-order valence-electron chi connectivity index (χ3n) is 2.60. The highest BCUT2D eigenvalue weighted by molar-refractivity contribution is 5.25. The number of pyridine rings is 1. The van der Waals surface area contributed by atoms with E-state index in [-0.39, 0.29) is 0 Å². The van der Waals surface area contributed by atoms with Gasteiger partial charge in [-0.3, -0.25) is 4.98 Å². The molecular formula is C13H22N2. The summed E-state index contributed by atoms with van der Waals surface area (Å²) < 4.78 is 0. The fraction of sp³-hybridized carbons (Fsp3) is 0.615. The molecule has 0 saturated carbocycles. The van der Waals surface area contributed by atoms with Gasteiger partial charge in [0, 0.05) is 18.4 Å². The maximum absolute atomic E-state index is 4.14. The Morgan fingerprint density at radius 3 is 2.67 bits per heavy atom. The molecule has 0 spiro atoms. The van der Waals surface area contributed by atoms with Gasteiger partial charge >= 0.3 is 0 Å². The highest BCUT2D eigenvalue weighted by atomic mass is 14.9. The normalized spacial score (nSPS) is 13.1. The van der Waals surface area contributed by atoms with Gasteiger partial charge in [-0.25, -0.2) is 0 Å². The summed E-state index contributed by atoms with van der Waals surface area (Å²) in [4.78, 5) is 4.14. The van der Waals surface area contributed by atoms with Crippen LogP contribution in [0.15, 0.2) is 18.5 Å². The summed E-state index contributed by atoms with van der Waals surface area (Å²) in [5.41, 5.74) is 2.67. The topological polar surface area (TPSA) is 24.9 Å². The monoisotopic (exact) mass is 206 g/mol. The summed E-state index contributed by atoms with van der Waals surface area (Å²) in [5, 5.41) is 3.54. The molecule has 0 aliphatic carbocycles. The van der Waals surface area contributed by atoms with E-state index >= 15 is 0 Å². The summed E-state index contributed by atoms with van der Waals surface area (Å²) in [5.74, 6) is 0.710. The molecule has 0 aromatic carbocycles. The Hall–Kier alpha value is -0.890. The molecule has 1 heterocycles. The van der Waals surface area contributed by atoms with Crippen molar-refractivity contribution in [1.82, 2.24) is 10.3 Å². The lowest BCUT2D eigenvalue weighted by molar-refractivity contribution is 0.437. The number of nitrogens with one attached hydrogen (secondary N) is 1. The zero-order valence-electron chi connectivity index (χ0n) is 10.2. The third-order valence-corrected chi connectivity index (χ3v) is 2.60. The van der Waals surface area contributed by atoms with Crippen LogP contribution in [0.5, 0.6) is 0 Å². The van der Waals surface area contributed by atoms with Gasteiger partial charge in [-0.15, -0.1) is 0 Å². The van der Waals surface area contributed by atoms with Crippen molar-refractivity contribution in [2.24, 2.45) is 5.92 Å². The van der Waals surface area contributed by atoms with E-state index in [0.717, 1.165) is 6.54 Å². The molecule has 2 heteroatoms. The first kappa shape index (κ1) is 12.2. The van der Waals surface area contributed by atoms with Gasteiger partial charge in [0.2, 0.25) is 0 Å². The largest absolute Gasteiger partial charge is 0.310 e. The molecule has 0 fully saturated rings. The van der Waals surface area contributed by atoms with Crippen LogP contribution in [-0.2, 0) is 0 Å². The average molecular weight is 206 g/mol. The van der Waals surface area contributed by atoms with Gasteiger partial charge < -0.3 is 5.32 Å². The first-order chi connectivity index (χ1) is 7.15. The van der Waals surface area contributed by atoms with Gasteiger partial charge in [0.25, 0.3) is 0 Å². The van der Waals surface area contributed by atoms with Crippen LogP contribution in [0.1, 0.15) is 44.4 Å². The van der Waals surface area contributed by atoms with E-state index < -0.39 is 0 Å². The lowest BCUT2D eigenvalue weighted by atomic mass is 9.95. The first-order valence-corrected chi connectivity index (χ1v) is 5.79. The number of hydrogen-bond donors (Lipinski definition) is 1. The van der Waals surface area contributed by atoms with Crippen LogP contribution < -0.4 is 5.32 Å². The molecule has 1 unspecified atom stereocenters. The van der Waals surface area contributed by atoms with Crippen LogP contribution >= 0.6 is 0 Å². The van der Waals surface area contributed by atoms with Crippen molar-refractivity contribution in [3.8, 4) is 0 Å². The second-order valence-corrected chi connectivity index (χ2v) is 4.47. The average Bonchev–Trinajstić information content (AvgIpc) is 2.17. The zero-order chi connectivity index (χ0) is 11.3. The highest BCUT2D eigenvalue weighted by Gasteiger charge is 2.13. The molecule has 15 heavy (non-hydrogen) atoms. The minimum absolute atomic E-state index is 0.470. The molecule has 0 bridgehead atoms. The highest BCUT2D eigenvalue weighted by Crippen LogP contribution is 2.23. The summed E-state index contributed by atoms with van der Waals surface area (Å²) in [6.07, 6.45) is 5.01. The predicted molar refractivity (Wildman–Crippen MR) is 64.8 cm³/mol. The number of nitrogens with zero attached hydrogens (tertiary/aromatic N) is 1. The van der Waals surface area contributed by atoms with Crippen molar-refractivity contribution in [2.75, 3.05) is 6.54 Å². The first-order valence-electron chi connectivity index (χ1n) is 5.79. The Labute approximate surface area is 93.1 Å². The summed E-state index contributed by atoms with van der Waals surface area (Å²) in [6.45, 7) is 9.83. The second kappa shape index (κ2) is 5.86. The maximum atomic E-state index is 4.14. The van der Waals surface area contributed by atoms with E-state index in [9.17, 15) is 0 Å². The smallest absolute Gasteiger partial charge is 0.0326 e. The molecule has 84 valence electrons. The Kier molecular flexibility index (Phi) is 4.76. The minimum Gasteiger partial charge on any atom is -0.310 e. The van der Waals surface area contributed by atoms with Gasteiger partial charge in [0.05, 0.1) is 0 Å². The minimum atomic E-state index is 0.470. The molecule has 1 aromatic heterocycles. The Morgan fingerprint density at radius 2 is 2.13 bits per heavy atom. The lowest BCUT2D eigenvalue weighted by Crippen LogP contribution is -2.23. The number of rotatable bonds is 5. The predicted octanol–water partition coefficient (Wildman–Crippen LogP) is 3.09. The van der Waals surface area contributed by atoms with Gasteiger partial charge in [0.1, 0.15) is 0 Å². The zero-order valence-corrected chi connectivity index (χ0v) is 10.2. The second-order valence-electron chi connectivity index (χ2n) is 4.47. The number of aryl methyl sites for hydroxylation is 1. The molecule has 0 radical (unpaired) electrons. The molecule has 0 aliphatic heterocycles. The van der Waals surface area contributed by atoms with E-state index in [2.05, 4.69) is 44.1 Å². The van der Waals surface area contributed by atoms with Crippen molar-refractivity contribution in [3.63, 3.8) is 0 Å². The molecular weight excluding hydrogens is 184 g/mol. The molecule has 1 N–H and O–H groups in total. The summed E-state index contributed by atoms with van der Waals surface area (Å²) >= 11 is 0. The molecule has 0 saturated heterocycles. The SMILES string of the molecule is CCNC(CC(C)C)c1ccncc1C. The Balaban J connectivity index is 2.83. The van der Waals surface area contributed by atoms with Crippen LogP contribution in [0.4, 0.5) is 0 Å². The molecule has 1 atom stereocenters. The van der Waals surface area contributed by atoms with Crippen LogP contribution in [0.2, 0.25) is 0 Å². The maximum Gasteiger partial charge on any atom is 0.0326 e. The third kappa shape index (κ3) is 3.63. The van der Waals surface area contributed by atoms with Crippen molar-refractivity contribution in [2.45, 2.75) is 40.2 Å². The number of hydrogen-bond acceptors (Lipinski definition) is 2. The van der Waals surface area contributed by atoms with Crippen LogP contribution in [0.3, 0.4) is 0 Å².